The maximum Gasteiger partial charge on any atom is 0.330 e. The number of aliphatic hydroxyl groups is 1. The van der Waals surface area contributed by atoms with Gasteiger partial charge < -0.3 is 14.6 Å². The van der Waals surface area contributed by atoms with Gasteiger partial charge in [-0.15, -0.1) is 11.8 Å². The van der Waals surface area contributed by atoms with E-state index < -0.39 is 12.1 Å². The summed E-state index contributed by atoms with van der Waals surface area (Å²) in [4.78, 5) is 12.5. The summed E-state index contributed by atoms with van der Waals surface area (Å²) >= 11 is 1.66. The Balaban J connectivity index is 2.03. The van der Waals surface area contributed by atoms with E-state index in [1.165, 1.54) is 0 Å². The van der Waals surface area contributed by atoms with E-state index in [0.717, 1.165) is 38.3 Å². The second kappa shape index (κ2) is 8.25. The van der Waals surface area contributed by atoms with Crippen molar-refractivity contribution in [2.75, 3.05) is 19.5 Å². The number of rotatable bonds is 7. The summed E-state index contributed by atoms with van der Waals surface area (Å²) in [6.45, 7) is 3.11. The molecule has 3 aromatic carbocycles. The molecule has 0 radical (unpaired) electrons. The van der Waals surface area contributed by atoms with Gasteiger partial charge >= 0.3 is 5.97 Å². The predicted octanol–water partition coefficient (Wildman–Crippen LogP) is 4.18. The standard InChI is InChI=1S/C21H20O4S/c1-3-20(23)25-16(12-22)13-24-21-18-7-5-4-6-14(18)10-15-8-9-17(26-2)11-19(15)21/h3-11,16,22H,1,12-13H2,2H3. The molecule has 0 aliphatic heterocycles. The van der Waals surface area contributed by atoms with Crippen LogP contribution in [0.1, 0.15) is 0 Å². The third-order valence-electron chi connectivity index (χ3n) is 4.09. The molecule has 26 heavy (non-hydrogen) atoms. The number of ether oxygens (including phenoxy) is 2. The van der Waals surface area contributed by atoms with Gasteiger partial charge in [0.15, 0.2) is 6.10 Å². The van der Waals surface area contributed by atoms with Crippen LogP contribution in [0.4, 0.5) is 0 Å². The van der Waals surface area contributed by atoms with Gasteiger partial charge in [0.1, 0.15) is 12.4 Å². The van der Waals surface area contributed by atoms with Gasteiger partial charge in [-0.1, -0.05) is 36.9 Å². The molecule has 1 atom stereocenters. The minimum absolute atomic E-state index is 0.0582. The lowest BCUT2D eigenvalue weighted by Crippen LogP contribution is -2.27. The molecule has 0 saturated heterocycles. The molecule has 0 saturated carbocycles. The molecule has 0 bridgehead atoms. The van der Waals surface area contributed by atoms with Crippen molar-refractivity contribution in [1.29, 1.82) is 0 Å². The highest BCUT2D eigenvalue weighted by molar-refractivity contribution is 7.98. The summed E-state index contributed by atoms with van der Waals surface area (Å²) in [5, 5.41) is 13.6. The minimum Gasteiger partial charge on any atom is -0.488 e. The molecule has 0 amide bonds. The van der Waals surface area contributed by atoms with Crippen molar-refractivity contribution in [2.24, 2.45) is 0 Å². The van der Waals surface area contributed by atoms with Gasteiger partial charge in [-0.2, -0.15) is 0 Å². The van der Waals surface area contributed by atoms with Crippen LogP contribution in [-0.2, 0) is 9.53 Å². The van der Waals surface area contributed by atoms with Crippen LogP contribution in [0.2, 0.25) is 0 Å². The summed E-state index contributed by atoms with van der Waals surface area (Å²) in [5.74, 6) is 0.141. The normalized spacial score (nSPS) is 12.1. The molecule has 134 valence electrons. The average molecular weight is 368 g/mol. The first-order valence-corrected chi connectivity index (χ1v) is 9.45. The third-order valence-corrected chi connectivity index (χ3v) is 4.81. The maximum absolute atomic E-state index is 11.4. The fourth-order valence-electron chi connectivity index (χ4n) is 2.80. The number of hydrogen-bond donors (Lipinski definition) is 1. The van der Waals surface area contributed by atoms with Crippen molar-refractivity contribution in [3.8, 4) is 5.75 Å². The Morgan fingerprint density at radius 3 is 2.69 bits per heavy atom. The molecule has 3 rings (SSSR count). The van der Waals surface area contributed by atoms with E-state index in [9.17, 15) is 9.90 Å². The molecule has 1 N–H and O–H groups in total. The lowest BCUT2D eigenvalue weighted by atomic mass is 10.0. The molecule has 4 nitrogen and oxygen atoms in total. The Morgan fingerprint density at radius 2 is 1.96 bits per heavy atom. The van der Waals surface area contributed by atoms with Crippen LogP contribution in [0, 0.1) is 0 Å². The first-order chi connectivity index (χ1) is 12.7. The predicted molar refractivity (Wildman–Crippen MR) is 106 cm³/mol. The van der Waals surface area contributed by atoms with E-state index in [-0.39, 0.29) is 13.2 Å². The monoisotopic (exact) mass is 368 g/mol. The number of fused-ring (bicyclic) bond motifs is 2. The van der Waals surface area contributed by atoms with E-state index in [4.69, 9.17) is 9.47 Å². The highest BCUT2D eigenvalue weighted by atomic mass is 32.2. The number of esters is 1. The second-order valence-corrected chi connectivity index (χ2v) is 6.65. The van der Waals surface area contributed by atoms with E-state index >= 15 is 0 Å². The van der Waals surface area contributed by atoms with Crippen LogP contribution in [0.25, 0.3) is 21.5 Å². The fraction of sp³-hybridized carbons (Fsp3) is 0.190. The smallest absolute Gasteiger partial charge is 0.330 e. The van der Waals surface area contributed by atoms with Crippen molar-refractivity contribution >= 4 is 39.3 Å². The van der Waals surface area contributed by atoms with E-state index in [0.29, 0.717) is 0 Å². The molecule has 0 aliphatic rings. The molecule has 0 fully saturated rings. The highest BCUT2D eigenvalue weighted by Crippen LogP contribution is 2.36. The molecule has 0 heterocycles. The quantitative estimate of drug-likeness (QED) is 0.293. The molecular formula is C21H20O4S. The molecule has 0 aromatic heterocycles. The van der Waals surface area contributed by atoms with Crippen LogP contribution in [0.15, 0.2) is 66.1 Å². The summed E-state index contributed by atoms with van der Waals surface area (Å²) < 4.78 is 11.2. The van der Waals surface area contributed by atoms with Crippen LogP contribution in [0.3, 0.4) is 0 Å². The van der Waals surface area contributed by atoms with Crippen molar-refractivity contribution in [1.82, 2.24) is 0 Å². The average Bonchev–Trinajstić information content (AvgIpc) is 2.69. The van der Waals surface area contributed by atoms with Gasteiger partial charge in [-0.05, 0) is 35.2 Å². The van der Waals surface area contributed by atoms with Gasteiger partial charge in [-0.25, -0.2) is 4.79 Å². The Bertz CT molecular complexity index is 951. The van der Waals surface area contributed by atoms with Gasteiger partial charge in [0, 0.05) is 21.7 Å². The molecule has 3 aromatic rings. The van der Waals surface area contributed by atoms with Gasteiger partial charge in [0.2, 0.25) is 0 Å². The topological polar surface area (TPSA) is 55.8 Å². The lowest BCUT2D eigenvalue weighted by molar-refractivity contribution is -0.146. The molecule has 1 unspecified atom stereocenters. The first kappa shape index (κ1) is 18.3. The molecule has 5 heteroatoms. The van der Waals surface area contributed by atoms with E-state index in [2.05, 4.69) is 30.8 Å². The summed E-state index contributed by atoms with van der Waals surface area (Å²) in [7, 11) is 0. The maximum atomic E-state index is 11.4. The summed E-state index contributed by atoms with van der Waals surface area (Å²) in [6, 6.07) is 16.3. The SMILES string of the molecule is C=CC(=O)OC(CO)COc1c2ccccc2cc2ccc(SC)cc12. The number of benzene rings is 3. The minimum atomic E-state index is -0.752. The number of carbonyl (C=O) groups excluding carboxylic acids is 1. The van der Waals surface area contributed by atoms with E-state index in [1.54, 1.807) is 11.8 Å². The number of aliphatic hydroxyl groups excluding tert-OH is 1. The first-order valence-electron chi connectivity index (χ1n) is 8.22. The molecular weight excluding hydrogens is 348 g/mol. The van der Waals surface area contributed by atoms with Gasteiger partial charge in [0.25, 0.3) is 0 Å². The van der Waals surface area contributed by atoms with Crippen LogP contribution in [-0.4, -0.2) is 36.6 Å². The second-order valence-electron chi connectivity index (χ2n) is 5.77. The lowest BCUT2D eigenvalue weighted by Gasteiger charge is -2.18. The largest absolute Gasteiger partial charge is 0.488 e. The van der Waals surface area contributed by atoms with E-state index in [1.807, 2.05) is 30.5 Å². The van der Waals surface area contributed by atoms with Crippen LogP contribution < -0.4 is 4.74 Å². The molecule has 0 aliphatic carbocycles. The van der Waals surface area contributed by atoms with Crippen LogP contribution in [0.5, 0.6) is 5.75 Å². The zero-order chi connectivity index (χ0) is 18.5. The van der Waals surface area contributed by atoms with Crippen molar-refractivity contribution in [2.45, 2.75) is 11.0 Å². The zero-order valence-corrected chi connectivity index (χ0v) is 15.3. The van der Waals surface area contributed by atoms with Gasteiger partial charge in [0.05, 0.1) is 6.61 Å². The Kier molecular flexibility index (Phi) is 5.81. The van der Waals surface area contributed by atoms with Crippen molar-refractivity contribution < 1.29 is 19.4 Å². The third kappa shape index (κ3) is 3.84. The highest BCUT2D eigenvalue weighted by Gasteiger charge is 2.15. The zero-order valence-electron chi connectivity index (χ0n) is 14.5. The van der Waals surface area contributed by atoms with Crippen molar-refractivity contribution in [3.05, 3.63) is 61.2 Å². The summed E-state index contributed by atoms with van der Waals surface area (Å²) in [6.07, 6.45) is 2.35. The van der Waals surface area contributed by atoms with Crippen molar-refractivity contribution in [3.63, 3.8) is 0 Å². The Labute approximate surface area is 156 Å². The summed E-state index contributed by atoms with van der Waals surface area (Å²) in [5.41, 5.74) is 0. The van der Waals surface area contributed by atoms with Gasteiger partial charge in [-0.3, -0.25) is 0 Å². The number of hydrogen-bond acceptors (Lipinski definition) is 5. The number of thioether (sulfide) groups is 1. The van der Waals surface area contributed by atoms with Crippen LogP contribution >= 0.6 is 11.8 Å². The number of carbonyl (C=O) groups is 1. The Hall–Kier alpha value is -2.50. The fourth-order valence-corrected chi connectivity index (χ4v) is 3.24. The molecule has 0 spiro atoms. The Morgan fingerprint density at radius 1 is 1.19 bits per heavy atom.